The zero-order chi connectivity index (χ0) is 17.2. The summed E-state index contributed by atoms with van der Waals surface area (Å²) in [5.74, 6) is 0.916. The lowest BCUT2D eigenvalue weighted by atomic mass is 10.1. The Morgan fingerprint density at radius 3 is 2.58 bits per heavy atom. The van der Waals surface area contributed by atoms with Crippen LogP contribution in [-0.2, 0) is 17.9 Å². The highest BCUT2D eigenvalue weighted by atomic mass is 16.5. The van der Waals surface area contributed by atoms with E-state index in [1.54, 1.807) is 0 Å². The number of rotatable bonds is 10. The Bertz CT molecular complexity index is 610. The van der Waals surface area contributed by atoms with Gasteiger partial charge >= 0.3 is 0 Å². The Hall–Kier alpha value is -1.84. The molecule has 1 N–H and O–H groups in total. The predicted molar refractivity (Wildman–Crippen MR) is 99.4 cm³/mol. The first-order chi connectivity index (χ1) is 11.6. The van der Waals surface area contributed by atoms with Gasteiger partial charge in [0.15, 0.2) is 0 Å². The quantitative estimate of drug-likeness (QED) is 0.653. The van der Waals surface area contributed by atoms with Gasteiger partial charge < -0.3 is 14.8 Å². The minimum Gasteiger partial charge on any atom is -0.489 e. The van der Waals surface area contributed by atoms with Gasteiger partial charge in [0.1, 0.15) is 12.4 Å². The molecule has 0 bridgehead atoms. The SMILES string of the molecule is Cc1cccc(COc2cccc(CNCCCOC(C)C)c2)c1. The molecular weight excluding hydrogens is 298 g/mol. The standard InChI is InChI=1S/C21H29NO2/c1-17(2)23-12-6-11-22-15-19-8-5-10-21(14-19)24-16-20-9-4-7-18(3)13-20/h4-5,7-10,13-14,17,22H,6,11-12,15-16H2,1-3H3. The molecule has 0 aliphatic rings. The van der Waals surface area contributed by atoms with Gasteiger partial charge in [-0.15, -0.1) is 0 Å². The van der Waals surface area contributed by atoms with E-state index in [1.807, 2.05) is 12.1 Å². The fraction of sp³-hybridized carbons (Fsp3) is 0.429. The highest BCUT2D eigenvalue weighted by Gasteiger charge is 1.99. The van der Waals surface area contributed by atoms with Crippen LogP contribution in [0.25, 0.3) is 0 Å². The van der Waals surface area contributed by atoms with Crippen molar-refractivity contribution in [2.24, 2.45) is 0 Å². The van der Waals surface area contributed by atoms with Crippen molar-refractivity contribution in [1.29, 1.82) is 0 Å². The van der Waals surface area contributed by atoms with Gasteiger partial charge in [-0.05, 0) is 57.0 Å². The average molecular weight is 327 g/mol. The molecule has 3 heteroatoms. The molecule has 0 aromatic heterocycles. The fourth-order valence-corrected chi connectivity index (χ4v) is 2.46. The monoisotopic (exact) mass is 327 g/mol. The lowest BCUT2D eigenvalue weighted by Gasteiger charge is -2.10. The Balaban J connectivity index is 1.73. The summed E-state index contributed by atoms with van der Waals surface area (Å²) in [7, 11) is 0. The largest absolute Gasteiger partial charge is 0.489 e. The summed E-state index contributed by atoms with van der Waals surface area (Å²) in [5.41, 5.74) is 3.70. The van der Waals surface area contributed by atoms with E-state index in [1.165, 1.54) is 16.7 Å². The van der Waals surface area contributed by atoms with Gasteiger partial charge in [0.25, 0.3) is 0 Å². The molecule has 130 valence electrons. The third kappa shape index (κ3) is 7.16. The number of hydrogen-bond donors (Lipinski definition) is 1. The second-order valence-corrected chi connectivity index (χ2v) is 6.38. The molecule has 0 atom stereocenters. The maximum atomic E-state index is 5.91. The van der Waals surface area contributed by atoms with Gasteiger partial charge in [0.05, 0.1) is 6.10 Å². The molecule has 2 aromatic carbocycles. The molecule has 0 fully saturated rings. The number of benzene rings is 2. The molecule has 2 aromatic rings. The van der Waals surface area contributed by atoms with Crippen LogP contribution in [0.2, 0.25) is 0 Å². The van der Waals surface area contributed by atoms with Crippen molar-refractivity contribution in [2.75, 3.05) is 13.2 Å². The van der Waals surface area contributed by atoms with E-state index in [2.05, 4.69) is 62.5 Å². The minimum atomic E-state index is 0.312. The molecule has 0 aliphatic carbocycles. The Labute approximate surface area is 146 Å². The van der Waals surface area contributed by atoms with Crippen molar-refractivity contribution >= 4 is 0 Å². The molecule has 0 saturated carbocycles. The smallest absolute Gasteiger partial charge is 0.120 e. The summed E-state index contributed by atoms with van der Waals surface area (Å²) in [4.78, 5) is 0. The molecular formula is C21H29NO2. The highest BCUT2D eigenvalue weighted by Crippen LogP contribution is 2.15. The minimum absolute atomic E-state index is 0.312. The fourth-order valence-electron chi connectivity index (χ4n) is 2.46. The Morgan fingerprint density at radius 1 is 1.00 bits per heavy atom. The predicted octanol–water partition coefficient (Wildman–Crippen LogP) is 4.48. The molecule has 2 rings (SSSR count). The van der Waals surface area contributed by atoms with Gasteiger partial charge in [-0.2, -0.15) is 0 Å². The van der Waals surface area contributed by atoms with Crippen LogP contribution in [0.1, 0.15) is 37.0 Å². The van der Waals surface area contributed by atoms with E-state index in [4.69, 9.17) is 9.47 Å². The van der Waals surface area contributed by atoms with Crippen molar-refractivity contribution < 1.29 is 9.47 Å². The molecule has 0 spiro atoms. The number of nitrogens with one attached hydrogen (secondary N) is 1. The molecule has 0 aliphatic heterocycles. The zero-order valence-corrected chi connectivity index (χ0v) is 15.0. The van der Waals surface area contributed by atoms with Crippen LogP contribution in [-0.4, -0.2) is 19.3 Å². The molecule has 0 radical (unpaired) electrons. The van der Waals surface area contributed by atoms with Gasteiger partial charge in [0.2, 0.25) is 0 Å². The van der Waals surface area contributed by atoms with Crippen molar-refractivity contribution in [1.82, 2.24) is 5.32 Å². The summed E-state index contributed by atoms with van der Waals surface area (Å²) in [6.45, 7) is 9.45. The molecule has 0 saturated heterocycles. The van der Waals surface area contributed by atoms with E-state index in [-0.39, 0.29) is 0 Å². The first-order valence-electron chi connectivity index (χ1n) is 8.73. The summed E-state index contributed by atoms with van der Waals surface area (Å²) in [6.07, 6.45) is 1.34. The average Bonchev–Trinajstić information content (AvgIpc) is 2.56. The Kier molecular flexibility index (Phi) is 7.80. The summed E-state index contributed by atoms with van der Waals surface area (Å²) < 4.78 is 11.4. The van der Waals surface area contributed by atoms with E-state index >= 15 is 0 Å². The van der Waals surface area contributed by atoms with Gasteiger partial charge in [-0.1, -0.05) is 42.0 Å². The zero-order valence-electron chi connectivity index (χ0n) is 15.0. The van der Waals surface area contributed by atoms with Crippen LogP contribution in [0.15, 0.2) is 48.5 Å². The maximum Gasteiger partial charge on any atom is 0.120 e. The summed E-state index contributed by atoms with van der Waals surface area (Å²) >= 11 is 0. The second kappa shape index (κ2) is 10.1. The first kappa shape index (κ1) is 18.5. The van der Waals surface area contributed by atoms with Gasteiger partial charge in [0, 0.05) is 13.2 Å². The number of aryl methyl sites for hydroxylation is 1. The first-order valence-corrected chi connectivity index (χ1v) is 8.73. The van der Waals surface area contributed by atoms with Crippen LogP contribution in [0.4, 0.5) is 0 Å². The molecule has 24 heavy (non-hydrogen) atoms. The molecule has 3 nitrogen and oxygen atoms in total. The maximum absolute atomic E-state index is 5.91. The highest BCUT2D eigenvalue weighted by molar-refractivity contribution is 5.29. The lowest BCUT2D eigenvalue weighted by molar-refractivity contribution is 0.0770. The van der Waals surface area contributed by atoms with Crippen LogP contribution in [0.3, 0.4) is 0 Å². The van der Waals surface area contributed by atoms with Crippen molar-refractivity contribution in [3.05, 3.63) is 65.2 Å². The lowest BCUT2D eigenvalue weighted by Crippen LogP contribution is -2.17. The van der Waals surface area contributed by atoms with Crippen LogP contribution >= 0.6 is 0 Å². The van der Waals surface area contributed by atoms with E-state index < -0.39 is 0 Å². The Morgan fingerprint density at radius 2 is 1.79 bits per heavy atom. The molecule has 0 amide bonds. The van der Waals surface area contributed by atoms with Crippen molar-refractivity contribution in [2.45, 2.75) is 46.4 Å². The van der Waals surface area contributed by atoms with Gasteiger partial charge in [-0.3, -0.25) is 0 Å². The van der Waals surface area contributed by atoms with E-state index in [9.17, 15) is 0 Å². The second-order valence-electron chi connectivity index (χ2n) is 6.38. The van der Waals surface area contributed by atoms with Crippen molar-refractivity contribution in [3.63, 3.8) is 0 Å². The molecule has 0 heterocycles. The van der Waals surface area contributed by atoms with Crippen LogP contribution < -0.4 is 10.1 Å². The number of hydrogen-bond acceptors (Lipinski definition) is 3. The summed E-state index contributed by atoms with van der Waals surface area (Å²) in [5, 5.41) is 3.45. The van der Waals surface area contributed by atoms with Crippen LogP contribution in [0, 0.1) is 6.92 Å². The molecule has 0 unspecified atom stereocenters. The van der Waals surface area contributed by atoms with Crippen LogP contribution in [0.5, 0.6) is 5.75 Å². The van der Waals surface area contributed by atoms with Crippen molar-refractivity contribution in [3.8, 4) is 5.75 Å². The normalized spacial score (nSPS) is 11.0. The van der Waals surface area contributed by atoms with E-state index in [0.29, 0.717) is 12.7 Å². The third-order valence-corrected chi connectivity index (χ3v) is 3.66. The third-order valence-electron chi connectivity index (χ3n) is 3.66. The van der Waals surface area contributed by atoms with E-state index in [0.717, 1.165) is 31.9 Å². The summed E-state index contributed by atoms with van der Waals surface area (Å²) in [6, 6.07) is 16.7. The topological polar surface area (TPSA) is 30.5 Å². The van der Waals surface area contributed by atoms with Gasteiger partial charge in [-0.25, -0.2) is 0 Å². The number of ether oxygens (including phenoxy) is 2.